The SMILES string of the molecule is Cc1cc(=O)oc2cc(-c3cn([C@@H]4O[C@H](COC(=O)c5ccccc5)[C@@H](OC(=O)c5ccccc5)[C@H]4OC(=O)c4ccccc4)nn3)c(Cl)cc12. The van der Waals surface area contributed by atoms with Crippen molar-refractivity contribution in [2.24, 2.45) is 0 Å². The highest BCUT2D eigenvalue weighted by Crippen LogP contribution is 2.37. The van der Waals surface area contributed by atoms with Gasteiger partial charge < -0.3 is 23.4 Å². The van der Waals surface area contributed by atoms with Gasteiger partial charge in [-0.15, -0.1) is 5.10 Å². The molecule has 1 aliphatic heterocycles. The van der Waals surface area contributed by atoms with Gasteiger partial charge in [-0.05, 0) is 61.0 Å². The minimum atomic E-state index is -1.30. The van der Waals surface area contributed by atoms with Crippen LogP contribution in [0.4, 0.5) is 0 Å². The van der Waals surface area contributed by atoms with Gasteiger partial charge in [0, 0.05) is 17.0 Å². The molecule has 1 aliphatic rings. The lowest BCUT2D eigenvalue weighted by atomic mass is 10.1. The van der Waals surface area contributed by atoms with Crippen LogP contribution in [0.5, 0.6) is 0 Å². The fraction of sp³-hybridized carbons (Fsp3) is 0.158. The molecule has 2 aromatic heterocycles. The predicted molar refractivity (Wildman–Crippen MR) is 183 cm³/mol. The molecule has 0 aliphatic carbocycles. The van der Waals surface area contributed by atoms with E-state index in [1.807, 2.05) is 0 Å². The summed E-state index contributed by atoms with van der Waals surface area (Å²) in [6.07, 6.45) is -3.39. The highest BCUT2D eigenvalue weighted by atomic mass is 35.5. The number of rotatable bonds is 9. The molecule has 51 heavy (non-hydrogen) atoms. The van der Waals surface area contributed by atoms with Crippen LogP contribution in [0.2, 0.25) is 5.02 Å². The summed E-state index contributed by atoms with van der Waals surface area (Å²) in [6.45, 7) is 1.40. The zero-order valence-electron chi connectivity index (χ0n) is 26.9. The number of halogens is 1. The maximum absolute atomic E-state index is 13.5. The van der Waals surface area contributed by atoms with E-state index in [0.717, 1.165) is 0 Å². The van der Waals surface area contributed by atoms with Crippen LogP contribution >= 0.6 is 11.6 Å². The van der Waals surface area contributed by atoms with Gasteiger partial charge in [0.15, 0.2) is 18.4 Å². The number of ether oxygens (including phenoxy) is 4. The van der Waals surface area contributed by atoms with Crippen LogP contribution in [-0.2, 0) is 18.9 Å². The molecule has 7 rings (SSSR count). The molecule has 0 spiro atoms. The van der Waals surface area contributed by atoms with Crippen molar-refractivity contribution < 1.29 is 37.7 Å². The third-order valence-electron chi connectivity index (χ3n) is 8.26. The van der Waals surface area contributed by atoms with E-state index in [1.54, 1.807) is 110 Å². The Morgan fingerprint density at radius 1 is 0.784 bits per heavy atom. The van der Waals surface area contributed by atoms with E-state index in [2.05, 4.69) is 10.3 Å². The van der Waals surface area contributed by atoms with Crippen LogP contribution in [0.1, 0.15) is 42.9 Å². The van der Waals surface area contributed by atoms with E-state index >= 15 is 0 Å². The molecule has 1 saturated heterocycles. The fourth-order valence-corrected chi connectivity index (χ4v) is 5.99. The van der Waals surface area contributed by atoms with Crippen LogP contribution < -0.4 is 5.63 Å². The maximum Gasteiger partial charge on any atom is 0.338 e. The van der Waals surface area contributed by atoms with Gasteiger partial charge in [-0.25, -0.2) is 23.9 Å². The topological polar surface area (TPSA) is 149 Å². The Morgan fingerprint density at radius 2 is 1.35 bits per heavy atom. The lowest BCUT2D eigenvalue weighted by molar-refractivity contribution is -0.0678. The van der Waals surface area contributed by atoms with E-state index < -0.39 is 48.1 Å². The third kappa shape index (κ3) is 7.14. The molecule has 3 heterocycles. The number of nitrogens with zero attached hydrogens (tertiary/aromatic N) is 3. The molecule has 6 aromatic rings. The third-order valence-corrected chi connectivity index (χ3v) is 8.58. The van der Waals surface area contributed by atoms with Gasteiger partial charge in [-0.3, -0.25) is 0 Å². The fourth-order valence-electron chi connectivity index (χ4n) is 5.73. The molecule has 0 bridgehead atoms. The normalized spacial score (nSPS) is 18.3. The zero-order valence-corrected chi connectivity index (χ0v) is 27.6. The van der Waals surface area contributed by atoms with Crippen molar-refractivity contribution in [1.82, 2.24) is 15.0 Å². The average molecular weight is 706 g/mol. The van der Waals surface area contributed by atoms with Crippen LogP contribution in [-0.4, -0.2) is 57.8 Å². The van der Waals surface area contributed by atoms with Crippen LogP contribution in [0.25, 0.3) is 22.2 Å². The summed E-state index contributed by atoms with van der Waals surface area (Å²) in [4.78, 5) is 51.9. The first-order chi connectivity index (χ1) is 24.7. The Bertz CT molecular complexity index is 2280. The molecule has 0 saturated carbocycles. The predicted octanol–water partition coefficient (Wildman–Crippen LogP) is 6.22. The molecule has 256 valence electrons. The second-order valence-corrected chi connectivity index (χ2v) is 12.1. The lowest BCUT2D eigenvalue weighted by Gasteiger charge is -2.24. The molecule has 0 radical (unpaired) electrons. The summed E-state index contributed by atoms with van der Waals surface area (Å²) in [5.41, 5.74) is 1.93. The number of carbonyl (C=O) groups excluding carboxylic acids is 3. The highest BCUT2D eigenvalue weighted by Gasteiger charge is 2.52. The smallest absolute Gasteiger partial charge is 0.338 e. The zero-order chi connectivity index (χ0) is 35.5. The Hall–Kier alpha value is -6.11. The van der Waals surface area contributed by atoms with Crippen molar-refractivity contribution in [1.29, 1.82) is 0 Å². The quantitative estimate of drug-likeness (QED) is 0.0959. The number of fused-ring (bicyclic) bond motifs is 1. The molecule has 12 nitrogen and oxygen atoms in total. The van der Waals surface area contributed by atoms with E-state index in [1.165, 1.54) is 16.9 Å². The molecule has 0 amide bonds. The van der Waals surface area contributed by atoms with Crippen LogP contribution in [0.3, 0.4) is 0 Å². The number of esters is 3. The molecule has 1 fully saturated rings. The van der Waals surface area contributed by atoms with Crippen molar-refractivity contribution in [3.8, 4) is 11.3 Å². The second kappa shape index (κ2) is 14.4. The molecule has 4 atom stereocenters. The standard InChI is InChI=1S/C38H28ClN3O9/c1-22-17-32(43)48-30-19-27(28(39)18-26(22)30)29-20-42(41-40-29)35-34(51-38(46)25-15-9-4-10-16-25)33(50-37(45)24-13-7-3-8-14-24)31(49-35)21-47-36(44)23-11-5-2-6-12-23/h2-20,31,33-35H,21H2,1H3/t31-,33-,34-,35-/m1/s1. The summed E-state index contributed by atoms with van der Waals surface area (Å²) in [5, 5.41) is 9.51. The number of benzene rings is 4. The number of hydrogen-bond acceptors (Lipinski definition) is 11. The number of hydrogen-bond donors (Lipinski definition) is 0. The number of aromatic nitrogens is 3. The van der Waals surface area contributed by atoms with E-state index in [0.29, 0.717) is 32.7 Å². The molecular weight excluding hydrogens is 678 g/mol. The largest absolute Gasteiger partial charge is 0.459 e. The monoisotopic (exact) mass is 705 g/mol. The van der Waals surface area contributed by atoms with Gasteiger partial charge >= 0.3 is 23.5 Å². The minimum absolute atomic E-state index is 0.238. The number of aryl methyl sites for hydroxylation is 1. The van der Waals surface area contributed by atoms with Gasteiger partial charge in [0.2, 0.25) is 0 Å². The van der Waals surface area contributed by atoms with Crippen molar-refractivity contribution in [3.05, 3.63) is 153 Å². The molecular formula is C38H28ClN3O9. The first-order valence-electron chi connectivity index (χ1n) is 15.8. The van der Waals surface area contributed by atoms with Gasteiger partial charge in [-0.1, -0.05) is 71.4 Å². The van der Waals surface area contributed by atoms with E-state index in [9.17, 15) is 19.2 Å². The minimum Gasteiger partial charge on any atom is -0.459 e. The average Bonchev–Trinajstić information content (AvgIpc) is 3.76. The summed E-state index contributed by atoms with van der Waals surface area (Å²) in [5.74, 6) is -2.08. The summed E-state index contributed by atoms with van der Waals surface area (Å²) in [7, 11) is 0. The molecule has 0 unspecified atom stereocenters. The Morgan fingerprint density at radius 3 is 1.96 bits per heavy atom. The summed E-state index contributed by atoms with van der Waals surface area (Å²) in [6, 6.07) is 29.5. The van der Waals surface area contributed by atoms with Crippen molar-refractivity contribution >= 4 is 40.5 Å². The first kappa shape index (κ1) is 33.4. The molecule has 0 N–H and O–H groups in total. The van der Waals surface area contributed by atoms with Crippen LogP contribution in [0, 0.1) is 6.92 Å². The van der Waals surface area contributed by atoms with Gasteiger partial charge in [0.1, 0.15) is 24.0 Å². The number of carbonyl (C=O) groups is 3. The second-order valence-electron chi connectivity index (χ2n) is 11.7. The maximum atomic E-state index is 13.5. The van der Waals surface area contributed by atoms with Gasteiger partial charge in [0.25, 0.3) is 0 Å². The Kier molecular flexibility index (Phi) is 9.42. The molecule has 4 aromatic carbocycles. The van der Waals surface area contributed by atoms with Crippen LogP contribution in [0.15, 0.2) is 125 Å². The summed E-state index contributed by atoms with van der Waals surface area (Å²) >= 11 is 6.66. The van der Waals surface area contributed by atoms with Crippen molar-refractivity contribution in [2.75, 3.05) is 6.61 Å². The van der Waals surface area contributed by atoms with Gasteiger partial charge in [-0.2, -0.15) is 0 Å². The van der Waals surface area contributed by atoms with E-state index in [4.69, 9.17) is 35.0 Å². The Balaban J connectivity index is 1.25. The Labute approximate surface area is 295 Å². The van der Waals surface area contributed by atoms with Crippen molar-refractivity contribution in [3.63, 3.8) is 0 Å². The lowest BCUT2D eigenvalue weighted by Crippen LogP contribution is -2.41. The first-order valence-corrected chi connectivity index (χ1v) is 16.2. The molecule has 13 heteroatoms. The van der Waals surface area contributed by atoms with Crippen molar-refractivity contribution in [2.45, 2.75) is 31.5 Å². The summed E-state index contributed by atoms with van der Waals surface area (Å²) < 4.78 is 30.6. The highest BCUT2D eigenvalue weighted by molar-refractivity contribution is 6.34. The van der Waals surface area contributed by atoms with E-state index in [-0.39, 0.29) is 23.4 Å². The van der Waals surface area contributed by atoms with Gasteiger partial charge in [0.05, 0.1) is 27.9 Å².